The van der Waals surface area contributed by atoms with Crippen LogP contribution < -0.4 is 5.32 Å². The van der Waals surface area contributed by atoms with Gasteiger partial charge in [-0.15, -0.1) is 0 Å². The molecular weight excluding hydrogens is 278 g/mol. The van der Waals surface area contributed by atoms with Gasteiger partial charge in [-0.05, 0) is 30.2 Å². The van der Waals surface area contributed by atoms with Crippen molar-refractivity contribution in [2.24, 2.45) is 0 Å². The Morgan fingerprint density at radius 3 is 2.55 bits per heavy atom. The van der Waals surface area contributed by atoms with Crippen LogP contribution >= 0.6 is 0 Å². The number of ether oxygens (including phenoxy) is 1. The van der Waals surface area contributed by atoms with E-state index in [1.807, 2.05) is 0 Å². The molecule has 0 aliphatic carbocycles. The van der Waals surface area contributed by atoms with Gasteiger partial charge in [-0.25, -0.2) is 4.39 Å². The first-order chi connectivity index (χ1) is 9.36. The van der Waals surface area contributed by atoms with Gasteiger partial charge >= 0.3 is 6.18 Å². The second-order valence-electron chi connectivity index (χ2n) is 4.39. The summed E-state index contributed by atoms with van der Waals surface area (Å²) >= 11 is 0. The topological polar surface area (TPSA) is 41.5 Å². The van der Waals surface area contributed by atoms with Gasteiger partial charge in [0.25, 0.3) is 0 Å². The average molecular weight is 295 g/mol. The summed E-state index contributed by atoms with van der Waals surface area (Å²) in [6, 6.07) is 2.20. The predicted octanol–water partition coefficient (Wildman–Crippen LogP) is 2.33. The molecule has 1 aromatic carbocycles. The third kappa shape index (κ3) is 5.44. The molecule has 0 saturated carbocycles. The van der Waals surface area contributed by atoms with Crippen molar-refractivity contribution in [1.29, 1.82) is 0 Å². The van der Waals surface area contributed by atoms with Gasteiger partial charge in [0.1, 0.15) is 5.82 Å². The van der Waals surface area contributed by atoms with Crippen LogP contribution in [0.25, 0.3) is 0 Å². The number of halogens is 4. The summed E-state index contributed by atoms with van der Waals surface area (Å²) in [6.07, 6.45) is -4.18. The fourth-order valence-electron chi connectivity index (χ4n) is 1.78. The molecule has 3 nitrogen and oxygen atoms in total. The fourth-order valence-corrected chi connectivity index (χ4v) is 1.78. The summed E-state index contributed by atoms with van der Waals surface area (Å²) in [7, 11) is 1.48. The molecular formula is C13H17F4NO2. The van der Waals surface area contributed by atoms with Gasteiger partial charge in [-0.2, -0.15) is 13.2 Å². The molecule has 0 aliphatic rings. The second-order valence-corrected chi connectivity index (χ2v) is 4.39. The largest absolute Gasteiger partial charge is 0.416 e. The molecule has 0 radical (unpaired) electrons. The molecule has 1 unspecified atom stereocenters. The molecule has 1 aromatic rings. The van der Waals surface area contributed by atoms with Crippen LogP contribution in [0.1, 0.15) is 17.5 Å². The zero-order valence-electron chi connectivity index (χ0n) is 11.0. The second kappa shape index (κ2) is 7.56. The number of rotatable bonds is 7. The molecule has 1 atom stereocenters. The number of hydrogen-bond donors (Lipinski definition) is 2. The Kier molecular flexibility index (Phi) is 6.38. The van der Waals surface area contributed by atoms with Gasteiger partial charge < -0.3 is 15.2 Å². The lowest BCUT2D eigenvalue weighted by Crippen LogP contribution is -2.33. The molecule has 0 spiro atoms. The van der Waals surface area contributed by atoms with Crippen molar-refractivity contribution in [1.82, 2.24) is 5.32 Å². The quantitative estimate of drug-likeness (QED) is 0.759. The summed E-state index contributed by atoms with van der Waals surface area (Å²) in [5, 5.41) is 11.8. The van der Waals surface area contributed by atoms with Crippen LogP contribution in [-0.2, 0) is 17.5 Å². The zero-order valence-corrected chi connectivity index (χ0v) is 11.0. The van der Waals surface area contributed by atoms with Crippen LogP contribution in [0.5, 0.6) is 0 Å². The van der Waals surface area contributed by atoms with E-state index in [9.17, 15) is 17.6 Å². The summed E-state index contributed by atoms with van der Waals surface area (Å²) in [4.78, 5) is 0. The highest BCUT2D eigenvalue weighted by Crippen LogP contribution is 2.30. The van der Waals surface area contributed by atoms with E-state index < -0.39 is 17.6 Å². The maximum Gasteiger partial charge on any atom is 0.416 e. The van der Waals surface area contributed by atoms with E-state index in [0.29, 0.717) is 19.1 Å². The number of benzene rings is 1. The minimum atomic E-state index is -4.58. The zero-order chi connectivity index (χ0) is 15.2. The minimum absolute atomic E-state index is 0.0644. The Hall–Kier alpha value is -1.18. The van der Waals surface area contributed by atoms with E-state index in [1.165, 1.54) is 7.11 Å². The lowest BCUT2D eigenvalue weighted by molar-refractivity contribution is -0.137. The molecule has 7 heteroatoms. The monoisotopic (exact) mass is 295 g/mol. The first-order valence-corrected chi connectivity index (χ1v) is 6.06. The number of aliphatic hydroxyl groups excluding tert-OH is 1. The first kappa shape index (κ1) is 16.9. The highest BCUT2D eigenvalue weighted by Gasteiger charge is 2.31. The summed E-state index contributed by atoms with van der Waals surface area (Å²) in [5.74, 6) is -0.929. The maximum absolute atomic E-state index is 13.2. The Labute approximate surface area is 114 Å². The fraction of sp³-hybridized carbons (Fsp3) is 0.538. The van der Waals surface area contributed by atoms with Gasteiger partial charge in [0.05, 0.1) is 12.2 Å². The molecule has 1 rings (SSSR count). The third-order valence-electron chi connectivity index (χ3n) is 2.73. The number of nitrogens with one attached hydrogen (secondary N) is 1. The normalized spacial score (nSPS) is 13.5. The molecule has 0 bridgehead atoms. The van der Waals surface area contributed by atoms with Crippen molar-refractivity contribution in [3.05, 3.63) is 35.1 Å². The molecule has 2 N–H and O–H groups in total. The van der Waals surface area contributed by atoms with Crippen LogP contribution in [0.15, 0.2) is 18.2 Å². The molecule has 114 valence electrons. The van der Waals surface area contributed by atoms with Crippen molar-refractivity contribution < 1.29 is 27.4 Å². The SMILES string of the molecule is COCC(CCO)NCc1cc(F)cc(C(F)(F)F)c1. The number of aliphatic hydroxyl groups is 1. The van der Waals surface area contributed by atoms with Gasteiger partial charge in [-0.3, -0.25) is 0 Å². The Morgan fingerprint density at radius 1 is 1.30 bits per heavy atom. The number of hydrogen-bond acceptors (Lipinski definition) is 3. The van der Waals surface area contributed by atoms with Crippen LogP contribution in [0, 0.1) is 5.82 Å². The van der Waals surface area contributed by atoms with Crippen LogP contribution in [0.4, 0.5) is 17.6 Å². The molecule has 0 aromatic heterocycles. The molecule has 0 heterocycles. The Morgan fingerprint density at radius 2 is 2.00 bits per heavy atom. The predicted molar refractivity (Wildman–Crippen MR) is 65.6 cm³/mol. The van der Waals surface area contributed by atoms with E-state index in [4.69, 9.17) is 9.84 Å². The van der Waals surface area contributed by atoms with E-state index in [2.05, 4.69) is 5.32 Å². The van der Waals surface area contributed by atoms with Crippen molar-refractivity contribution in [2.45, 2.75) is 25.2 Å². The summed E-state index contributed by atoms with van der Waals surface area (Å²) in [5.41, 5.74) is -0.823. The maximum atomic E-state index is 13.2. The Balaban J connectivity index is 2.74. The van der Waals surface area contributed by atoms with Gasteiger partial charge in [0.2, 0.25) is 0 Å². The summed E-state index contributed by atoms with van der Waals surface area (Å²) in [6.45, 7) is 0.300. The van der Waals surface area contributed by atoms with Crippen molar-refractivity contribution in [3.63, 3.8) is 0 Å². The van der Waals surface area contributed by atoms with Crippen molar-refractivity contribution in [3.8, 4) is 0 Å². The van der Waals surface area contributed by atoms with E-state index in [0.717, 1.165) is 12.1 Å². The lowest BCUT2D eigenvalue weighted by Gasteiger charge is -2.17. The third-order valence-corrected chi connectivity index (χ3v) is 2.73. The van der Waals surface area contributed by atoms with Crippen LogP contribution in [0.2, 0.25) is 0 Å². The highest BCUT2D eigenvalue weighted by molar-refractivity contribution is 5.26. The molecule has 20 heavy (non-hydrogen) atoms. The number of methoxy groups -OCH3 is 1. The lowest BCUT2D eigenvalue weighted by atomic mass is 10.1. The first-order valence-electron chi connectivity index (χ1n) is 6.06. The van der Waals surface area contributed by atoms with Gasteiger partial charge in [0.15, 0.2) is 0 Å². The highest BCUT2D eigenvalue weighted by atomic mass is 19.4. The Bertz CT molecular complexity index is 417. The van der Waals surface area contributed by atoms with Gasteiger partial charge in [-0.1, -0.05) is 0 Å². The van der Waals surface area contributed by atoms with E-state index in [1.54, 1.807) is 0 Å². The van der Waals surface area contributed by atoms with E-state index >= 15 is 0 Å². The van der Waals surface area contributed by atoms with Crippen LogP contribution in [-0.4, -0.2) is 31.5 Å². The molecule has 0 aliphatic heterocycles. The van der Waals surface area contributed by atoms with Gasteiger partial charge in [0, 0.05) is 26.3 Å². The molecule has 0 amide bonds. The average Bonchev–Trinajstić information content (AvgIpc) is 2.35. The molecule has 0 saturated heterocycles. The van der Waals surface area contributed by atoms with Crippen LogP contribution in [0.3, 0.4) is 0 Å². The molecule has 0 fully saturated rings. The van der Waals surface area contributed by atoms with Crippen molar-refractivity contribution in [2.75, 3.05) is 20.3 Å². The van der Waals surface area contributed by atoms with Crippen molar-refractivity contribution >= 4 is 0 Å². The smallest absolute Gasteiger partial charge is 0.396 e. The number of alkyl halides is 3. The standard InChI is InChI=1S/C13H17F4NO2/c1-20-8-12(2-3-19)18-7-9-4-10(13(15,16)17)6-11(14)5-9/h4-6,12,18-19H,2-3,7-8H2,1H3. The minimum Gasteiger partial charge on any atom is -0.396 e. The summed E-state index contributed by atoms with van der Waals surface area (Å²) < 4.78 is 55.7. The van der Waals surface area contributed by atoms with E-state index in [-0.39, 0.29) is 24.8 Å².